The summed E-state index contributed by atoms with van der Waals surface area (Å²) in [4.78, 5) is 8.54. The van der Waals surface area contributed by atoms with Gasteiger partial charge in [-0.2, -0.15) is 17.0 Å². The summed E-state index contributed by atoms with van der Waals surface area (Å²) in [5, 5.41) is 14.2. The fraction of sp³-hybridized carbons (Fsp3) is 0.545. The van der Waals surface area contributed by atoms with E-state index in [-0.39, 0.29) is 0 Å². The van der Waals surface area contributed by atoms with Gasteiger partial charge in [-0.15, -0.1) is 11.3 Å². The molecular formula is C11H17N5S2. The van der Waals surface area contributed by atoms with Crippen molar-refractivity contribution in [2.75, 3.05) is 17.6 Å². The summed E-state index contributed by atoms with van der Waals surface area (Å²) >= 11 is 3.22. The van der Waals surface area contributed by atoms with Crippen LogP contribution in [0.2, 0.25) is 0 Å². The van der Waals surface area contributed by atoms with Gasteiger partial charge in [-0.05, 0) is 6.42 Å². The van der Waals surface area contributed by atoms with Crippen molar-refractivity contribution < 1.29 is 0 Å². The average Bonchev–Trinajstić information content (AvgIpc) is 2.80. The van der Waals surface area contributed by atoms with E-state index in [2.05, 4.69) is 28.3 Å². The van der Waals surface area contributed by atoms with Gasteiger partial charge in [0.05, 0.1) is 11.8 Å². The second-order valence-electron chi connectivity index (χ2n) is 3.50. The summed E-state index contributed by atoms with van der Waals surface area (Å²) in [7, 11) is 0. The zero-order chi connectivity index (χ0) is 13.2. The maximum Gasteiger partial charge on any atom is 0.194 e. The molecule has 0 saturated heterocycles. The van der Waals surface area contributed by atoms with Gasteiger partial charge < -0.3 is 11.1 Å². The van der Waals surface area contributed by atoms with Gasteiger partial charge in [0.15, 0.2) is 11.1 Å². The normalized spacial score (nSPS) is 11.2. The average molecular weight is 283 g/mol. The molecule has 0 bridgehead atoms. The standard InChI is InChI=1S/C11H17N5S2/c1-2-5-14-10(13)16-11-15-9(8-18-11)7-17-6-3-4-12/h8H,2-3,5-7H2,1H3,(H3,13,14,15,16). The van der Waals surface area contributed by atoms with E-state index >= 15 is 0 Å². The Morgan fingerprint density at radius 1 is 1.72 bits per heavy atom. The molecule has 0 aliphatic carbocycles. The molecule has 1 heterocycles. The molecule has 1 rings (SSSR count). The van der Waals surface area contributed by atoms with Crippen LogP contribution in [0.5, 0.6) is 0 Å². The number of nitrogens with one attached hydrogen (secondary N) is 1. The van der Waals surface area contributed by atoms with Gasteiger partial charge >= 0.3 is 0 Å². The second-order valence-corrected chi connectivity index (χ2v) is 5.46. The lowest BCUT2D eigenvalue weighted by molar-refractivity contribution is 0.929. The van der Waals surface area contributed by atoms with E-state index in [0.717, 1.165) is 35.3 Å². The molecule has 0 atom stereocenters. The Hall–Kier alpha value is -1.26. The molecular weight excluding hydrogens is 266 g/mol. The quantitative estimate of drug-likeness (QED) is 0.456. The summed E-state index contributed by atoms with van der Waals surface area (Å²) in [6, 6.07) is 2.12. The van der Waals surface area contributed by atoms with Gasteiger partial charge in [-0.25, -0.2) is 4.98 Å². The smallest absolute Gasteiger partial charge is 0.194 e. The number of hydrogen-bond acceptors (Lipinski definition) is 5. The maximum absolute atomic E-state index is 8.42. The number of aromatic nitrogens is 1. The first-order valence-electron chi connectivity index (χ1n) is 5.72. The molecule has 0 saturated carbocycles. The third-order valence-corrected chi connectivity index (χ3v) is 3.70. The monoisotopic (exact) mass is 283 g/mol. The summed E-state index contributed by atoms with van der Waals surface area (Å²) in [6.07, 6.45) is 1.55. The molecule has 5 nitrogen and oxygen atoms in total. The van der Waals surface area contributed by atoms with E-state index in [1.54, 1.807) is 11.8 Å². The van der Waals surface area contributed by atoms with Crippen molar-refractivity contribution in [3.63, 3.8) is 0 Å². The molecule has 1 aromatic heterocycles. The lowest BCUT2D eigenvalue weighted by atomic mass is 10.5. The van der Waals surface area contributed by atoms with E-state index in [1.807, 2.05) is 5.38 Å². The van der Waals surface area contributed by atoms with Crippen molar-refractivity contribution in [2.45, 2.75) is 25.5 Å². The largest absolute Gasteiger partial charge is 0.370 e. The van der Waals surface area contributed by atoms with Crippen LogP contribution in [0.15, 0.2) is 10.4 Å². The number of rotatable bonds is 7. The van der Waals surface area contributed by atoms with Crippen molar-refractivity contribution in [3.05, 3.63) is 11.1 Å². The topological polar surface area (TPSA) is 87.1 Å². The number of hydrogen-bond donors (Lipinski definition) is 2. The molecule has 0 spiro atoms. The first-order valence-corrected chi connectivity index (χ1v) is 7.75. The third kappa shape index (κ3) is 5.89. The van der Waals surface area contributed by atoms with E-state index in [4.69, 9.17) is 11.0 Å². The lowest BCUT2D eigenvalue weighted by Crippen LogP contribution is -2.22. The van der Waals surface area contributed by atoms with Crippen LogP contribution in [0.3, 0.4) is 0 Å². The van der Waals surface area contributed by atoms with Crippen molar-refractivity contribution in [1.82, 2.24) is 4.98 Å². The first-order chi connectivity index (χ1) is 8.76. The molecule has 0 radical (unpaired) electrons. The lowest BCUT2D eigenvalue weighted by Gasteiger charge is -2.00. The Balaban J connectivity index is 2.36. The fourth-order valence-electron chi connectivity index (χ4n) is 1.11. The fourth-order valence-corrected chi connectivity index (χ4v) is 2.67. The molecule has 98 valence electrons. The van der Waals surface area contributed by atoms with E-state index < -0.39 is 0 Å². The zero-order valence-electron chi connectivity index (χ0n) is 10.3. The molecule has 0 fully saturated rings. The molecule has 0 aromatic carbocycles. The highest BCUT2D eigenvalue weighted by Gasteiger charge is 2.03. The number of anilines is 1. The van der Waals surface area contributed by atoms with Gasteiger partial charge in [0.1, 0.15) is 0 Å². The molecule has 0 aliphatic rings. The van der Waals surface area contributed by atoms with Crippen LogP contribution in [-0.2, 0) is 5.75 Å². The van der Waals surface area contributed by atoms with Crippen molar-refractivity contribution in [2.24, 2.45) is 10.7 Å². The maximum atomic E-state index is 8.42. The first kappa shape index (κ1) is 14.8. The van der Waals surface area contributed by atoms with Gasteiger partial charge in [0, 0.05) is 29.9 Å². The molecule has 7 heteroatoms. The van der Waals surface area contributed by atoms with Crippen LogP contribution in [-0.4, -0.2) is 23.2 Å². The minimum absolute atomic E-state index is 0.412. The van der Waals surface area contributed by atoms with Gasteiger partial charge in [-0.3, -0.25) is 4.99 Å². The van der Waals surface area contributed by atoms with Crippen LogP contribution in [0, 0.1) is 11.3 Å². The van der Waals surface area contributed by atoms with Gasteiger partial charge in [0.25, 0.3) is 0 Å². The van der Waals surface area contributed by atoms with Crippen molar-refractivity contribution >= 4 is 34.2 Å². The van der Waals surface area contributed by atoms with Crippen LogP contribution in [0.1, 0.15) is 25.5 Å². The second kappa shape index (κ2) is 8.78. The van der Waals surface area contributed by atoms with E-state index in [0.29, 0.717) is 12.4 Å². The Labute approximate surface area is 116 Å². The number of aliphatic imine (C=N–C) groups is 1. The number of nitriles is 1. The third-order valence-electron chi connectivity index (χ3n) is 1.90. The molecule has 18 heavy (non-hydrogen) atoms. The summed E-state index contributed by atoms with van der Waals surface area (Å²) in [6.45, 7) is 2.78. The minimum atomic E-state index is 0.412. The summed E-state index contributed by atoms with van der Waals surface area (Å²) in [5.74, 6) is 2.08. The van der Waals surface area contributed by atoms with Crippen LogP contribution in [0.25, 0.3) is 0 Å². The zero-order valence-corrected chi connectivity index (χ0v) is 12.0. The number of thioether (sulfide) groups is 1. The predicted octanol–water partition coefficient (Wildman–Crippen LogP) is 2.43. The Morgan fingerprint density at radius 2 is 2.56 bits per heavy atom. The molecule has 0 aliphatic heterocycles. The van der Waals surface area contributed by atoms with E-state index in [9.17, 15) is 0 Å². The molecule has 0 unspecified atom stereocenters. The highest BCUT2D eigenvalue weighted by molar-refractivity contribution is 7.98. The highest BCUT2D eigenvalue weighted by atomic mass is 32.2. The molecule has 3 N–H and O–H groups in total. The summed E-state index contributed by atoms with van der Waals surface area (Å²) < 4.78 is 0. The Morgan fingerprint density at radius 3 is 3.28 bits per heavy atom. The summed E-state index contributed by atoms with van der Waals surface area (Å²) in [5.41, 5.74) is 6.71. The minimum Gasteiger partial charge on any atom is -0.370 e. The van der Waals surface area contributed by atoms with Crippen molar-refractivity contribution in [3.8, 4) is 6.07 Å². The number of guanidine groups is 1. The van der Waals surface area contributed by atoms with Crippen molar-refractivity contribution in [1.29, 1.82) is 5.26 Å². The Bertz CT molecular complexity index is 421. The van der Waals surface area contributed by atoms with E-state index in [1.165, 1.54) is 11.3 Å². The number of nitrogens with zero attached hydrogens (tertiary/aromatic N) is 3. The van der Waals surface area contributed by atoms with Crippen LogP contribution < -0.4 is 11.1 Å². The molecule has 1 aromatic rings. The van der Waals surface area contributed by atoms with Gasteiger partial charge in [-0.1, -0.05) is 6.92 Å². The number of nitrogens with two attached hydrogens (primary N) is 1. The highest BCUT2D eigenvalue weighted by Crippen LogP contribution is 2.19. The number of thiazole rings is 1. The predicted molar refractivity (Wildman–Crippen MR) is 78.9 cm³/mol. The molecule has 0 amide bonds. The SMILES string of the molecule is CCCN=C(N)Nc1nc(CSCCC#N)cs1. The van der Waals surface area contributed by atoms with Gasteiger partial charge in [0.2, 0.25) is 0 Å². The van der Waals surface area contributed by atoms with Crippen LogP contribution >= 0.6 is 23.1 Å². The Kier molecular flexibility index (Phi) is 7.22. The van der Waals surface area contributed by atoms with Crippen LogP contribution in [0.4, 0.5) is 5.13 Å².